The van der Waals surface area contributed by atoms with Crippen LogP contribution in [0.5, 0.6) is 5.75 Å². The fraction of sp³-hybridized carbons (Fsp3) is 0.667. The maximum absolute atomic E-state index is 12.2. The molecule has 17 heavy (non-hydrogen) atoms. The normalized spacial score (nSPS) is 17.2. The maximum Gasteiger partial charge on any atom is 0.213 e. The monoisotopic (exact) mass is 238 g/mol. The van der Waals surface area contributed by atoms with Crippen LogP contribution in [0.2, 0.25) is 0 Å². The van der Waals surface area contributed by atoms with Crippen LogP contribution in [0.25, 0.3) is 0 Å². The summed E-state index contributed by atoms with van der Waals surface area (Å²) < 4.78 is 6.74. The van der Waals surface area contributed by atoms with Gasteiger partial charge in [0.15, 0.2) is 5.75 Å². The minimum Gasteiger partial charge on any atom is -0.493 e. The van der Waals surface area contributed by atoms with Crippen LogP contribution in [0.4, 0.5) is 0 Å². The molecular weight excluding hydrogens is 220 g/mol. The lowest BCUT2D eigenvalue weighted by Gasteiger charge is -2.14. The van der Waals surface area contributed by atoms with Crippen LogP contribution < -0.4 is 4.74 Å². The number of hydrogen-bond acceptors (Lipinski definition) is 4. The molecule has 0 spiro atoms. The van der Waals surface area contributed by atoms with E-state index in [1.165, 1.54) is 13.3 Å². The van der Waals surface area contributed by atoms with E-state index in [2.05, 4.69) is 5.10 Å². The van der Waals surface area contributed by atoms with E-state index in [1.54, 1.807) is 4.68 Å². The van der Waals surface area contributed by atoms with Crippen molar-refractivity contribution in [1.29, 1.82) is 0 Å². The van der Waals surface area contributed by atoms with Crippen molar-refractivity contribution in [3.05, 3.63) is 11.9 Å². The Labute approximate surface area is 100 Å². The summed E-state index contributed by atoms with van der Waals surface area (Å²) in [5, 5.41) is 14.0. The molecule has 0 saturated heterocycles. The van der Waals surface area contributed by atoms with Crippen LogP contribution in [0, 0.1) is 5.92 Å². The Morgan fingerprint density at radius 3 is 2.71 bits per heavy atom. The van der Waals surface area contributed by atoms with Gasteiger partial charge in [0.1, 0.15) is 11.8 Å². The molecule has 94 valence electrons. The van der Waals surface area contributed by atoms with Crippen molar-refractivity contribution in [1.82, 2.24) is 9.78 Å². The lowest BCUT2D eigenvalue weighted by Crippen LogP contribution is -2.26. The summed E-state index contributed by atoms with van der Waals surface area (Å²) in [6, 6.07) is 0.0595. The standard InChI is InChI=1S/C12H18N2O3/c1-7(2)14-10(9(17-3)6-13-14)12(16)11(15)8-4-5-8/h6-8,11,15H,4-5H2,1-3H3. The summed E-state index contributed by atoms with van der Waals surface area (Å²) in [5.41, 5.74) is 0.377. The first-order chi connectivity index (χ1) is 8.06. The Bertz CT molecular complexity index is 421. The number of carbonyl (C=O) groups is 1. The molecule has 1 saturated carbocycles. The third-order valence-corrected chi connectivity index (χ3v) is 3.04. The van der Waals surface area contributed by atoms with E-state index in [1.807, 2.05) is 13.8 Å². The molecule has 5 heteroatoms. The van der Waals surface area contributed by atoms with Crippen molar-refractivity contribution in [2.24, 2.45) is 5.92 Å². The molecule has 0 amide bonds. The van der Waals surface area contributed by atoms with Crippen LogP contribution in [0.3, 0.4) is 0 Å². The third-order valence-electron chi connectivity index (χ3n) is 3.04. The van der Waals surface area contributed by atoms with Gasteiger partial charge in [0.2, 0.25) is 5.78 Å². The quantitative estimate of drug-likeness (QED) is 0.788. The number of nitrogens with zero attached hydrogens (tertiary/aromatic N) is 2. The second-order valence-corrected chi connectivity index (χ2v) is 4.75. The molecule has 0 bridgehead atoms. The molecule has 1 fully saturated rings. The molecule has 1 aromatic rings. The lowest BCUT2D eigenvalue weighted by atomic mass is 10.1. The van der Waals surface area contributed by atoms with Crippen LogP contribution in [0.1, 0.15) is 43.2 Å². The number of aromatic nitrogens is 2. The molecule has 1 unspecified atom stereocenters. The minimum atomic E-state index is -0.918. The van der Waals surface area contributed by atoms with Gasteiger partial charge in [-0.15, -0.1) is 0 Å². The first kappa shape index (κ1) is 12.1. The zero-order valence-corrected chi connectivity index (χ0v) is 10.4. The number of Topliss-reactive ketones (excluding diaryl/α,β-unsaturated/α-hetero) is 1. The van der Waals surface area contributed by atoms with Crippen molar-refractivity contribution in [2.75, 3.05) is 7.11 Å². The van der Waals surface area contributed by atoms with Gasteiger partial charge >= 0.3 is 0 Å². The van der Waals surface area contributed by atoms with Gasteiger partial charge in [-0.05, 0) is 32.6 Å². The van der Waals surface area contributed by atoms with E-state index < -0.39 is 6.10 Å². The number of hydrogen-bond donors (Lipinski definition) is 1. The van der Waals surface area contributed by atoms with Gasteiger partial charge < -0.3 is 9.84 Å². The van der Waals surface area contributed by atoms with Crippen LogP contribution >= 0.6 is 0 Å². The van der Waals surface area contributed by atoms with E-state index >= 15 is 0 Å². The van der Waals surface area contributed by atoms with E-state index in [-0.39, 0.29) is 17.7 Å². The molecule has 0 radical (unpaired) electrons. The van der Waals surface area contributed by atoms with Gasteiger partial charge in [0.05, 0.1) is 13.3 Å². The van der Waals surface area contributed by atoms with Crippen molar-refractivity contribution in [3.8, 4) is 5.75 Å². The first-order valence-corrected chi connectivity index (χ1v) is 5.90. The summed E-state index contributed by atoms with van der Waals surface area (Å²) in [4.78, 5) is 12.2. The minimum absolute atomic E-state index is 0.0595. The molecule has 1 heterocycles. The van der Waals surface area contributed by atoms with Gasteiger partial charge in [0.25, 0.3) is 0 Å². The van der Waals surface area contributed by atoms with E-state index in [9.17, 15) is 9.90 Å². The predicted molar refractivity (Wildman–Crippen MR) is 62.2 cm³/mol. The van der Waals surface area contributed by atoms with Crippen molar-refractivity contribution >= 4 is 5.78 Å². The molecular formula is C12H18N2O3. The summed E-state index contributed by atoms with van der Waals surface area (Å²) in [6.45, 7) is 3.87. The van der Waals surface area contributed by atoms with Crippen LogP contribution in [-0.4, -0.2) is 33.9 Å². The molecule has 1 aromatic heterocycles. The van der Waals surface area contributed by atoms with Crippen molar-refractivity contribution in [2.45, 2.75) is 38.8 Å². The zero-order valence-electron chi connectivity index (χ0n) is 10.4. The topological polar surface area (TPSA) is 64.4 Å². The van der Waals surface area contributed by atoms with Crippen molar-refractivity contribution in [3.63, 3.8) is 0 Å². The number of rotatable bonds is 5. The molecule has 0 aliphatic heterocycles. The molecule has 1 aliphatic carbocycles. The smallest absolute Gasteiger partial charge is 0.213 e. The Morgan fingerprint density at radius 1 is 1.59 bits per heavy atom. The van der Waals surface area contributed by atoms with Gasteiger partial charge in [0, 0.05) is 6.04 Å². The number of aliphatic hydroxyl groups excluding tert-OH is 1. The highest BCUT2D eigenvalue weighted by Crippen LogP contribution is 2.35. The number of ether oxygens (including phenoxy) is 1. The van der Waals surface area contributed by atoms with E-state index in [0.29, 0.717) is 11.4 Å². The van der Waals surface area contributed by atoms with Crippen LogP contribution in [0.15, 0.2) is 6.20 Å². The van der Waals surface area contributed by atoms with E-state index in [4.69, 9.17) is 4.74 Å². The van der Waals surface area contributed by atoms with Crippen molar-refractivity contribution < 1.29 is 14.6 Å². The lowest BCUT2D eigenvalue weighted by molar-refractivity contribution is 0.0687. The average Bonchev–Trinajstić information content (AvgIpc) is 3.05. The Kier molecular flexibility index (Phi) is 3.19. The Balaban J connectivity index is 2.33. The zero-order chi connectivity index (χ0) is 12.6. The fourth-order valence-corrected chi connectivity index (χ4v) is 1.89. The van der Waals surface area contributed by atoms with E-state index in [0.717, 1.165) is 12.8 Å². The highest BCUT2D eigenvalue weighted by Gasteiger charge is 2.37. The molecule has 5 nitrogen and oxygen atoms in total. The fourth-order valence-electron chi connectivity index (χ4n) is 1.89. The van der Waals surface area contributed by atoms with Gasteiger partial charge in [-0.25, -0.2) is 0 Å². The summed E-state index contributed by atoms with van der Waals surface area (Å²) in [5.74, 6) is 0.265. The number of ketones is 1. The molecule has 1 aliphatic rings. The van der Waals surface area contributed by atoms with Gasteiger partial charge in [-0.1, -0.05) is 0 Å². The second kappa shape index (κ2) is 4.49. The molecule has 1 N–H and O–H groups in total. The number of methoxy groups -OCH3 is 1. The third kappa shape index (κ3) is 2.20. The Hall–Kier alpha value is -1.36. The van der Waals surface area contributed by atoms with Crippen LogP contribution in [-0.2, 0) is 0 Å². The molecule has 0 aromatic carbocycles. The summed E-state index contributed by atoms with van der Waals surface area (Å²) in [6.07, 6.45) is 2.45. The van der Waals surface area contributed by atoms with Gasteiger partial charge in [-0.2, -0.15) is 5.10 Å². The second-order valence-electron chi connectivity index (χ2n) is 4.75. The predicted octanol–water partition coefficient (Wildman–Crippen LogP) is 1.43. The highest BCUT2D eigenvalue weighted by atomic mass is 16.5. The molecule has 1 atom stereocenters. The first-order valence-electron chi connectivity index (χ1n) is 5.90. The summed E-state index contributed by atoms with van der Waals surface area (Å²) >= 11 is 0. The SMILES string of the molecule is COc1cnn(C(C)C)c1C(=O)C(O)C1CC1. The largest absolute Gasteiger partial charge is 0.493 e. The summed E-state index contributed by atoms with van der Waals surface area (Å²) in [7, 11) is 1.50. The highest BCUT2D eigenvalue weighted by molar-refractivity contribution is 6.00. The van der Waals surface area contributed by atoms with Gasteiger partial charge in [-0.3, -0.25) is 9.48 Å². The Morgan fingerprint density at radius 2 is 2.24 bits per heavy atom. The average molecular weight is 238 g/mol. The maximum atomic E-state index is 12.2. The molecule has 2 rings (SSSR count). The number of aliphatic hydroxyl groups is 1. The number of carbonyl (C=O) groups excluding carboxylic acids is 1.